The average Bonchev–Trinajstić information content (AvgIpc) is 2.75. The van der Waals surface area contributed by atoms with E-state index in [0.717, 1.165) is 16.8 Å². The van der Waals surface area contributed by atoms with E-state index in [2.05, 4.69) is 19.2 Å². The zero-order valence-corrected chi connectivity index (χ0v) is 19.9. The maximum atomic E-state index is 13.3. The van der Waals surface area contributed by atoms with Gasteiger partial charge in [-0.3, -0.25) is 4.79 Å². The van der Waals surface area contributed by atoms with Crippen LogP contribution in [0.2, 0.25) is 5.02 Å². The van der Waals surface area contributed by atoms with Crippen LogP contribution in [0, 0.1) is 12.8 Å². The normalized spacial score (nSPS) is 17.5. The van der Waals surface area contributed by atoms with Crippen molar-refractivity contribution in [2.75, 3.05) is 25.5 Å². The van der Waals surface area contributed by atoms with E-state index in [1.165, 1.54) is 23.5 Å². The third kappa shape index (κ3) is 5.05. The fourth-order valence-electron chi connectivity index (χ4n) is 3.93. The van der Waals surface area contributed by atoms with Crippen molar-refractivity contribution in [3.8, 4) is 5.75 Å². The van der Waals surface area contributed by atoms with Gasteiger partial charge in [-0.25, -0.2) is 8.42 Å². The molecule has 0 radical (unpaired) electrons. The van der Waals surface area contributed by atoms with Crippen LogP contribution < -0.4 is 10.1 Å². The molecule has 0 bridgehead atoms. The van der Waals surface area contributed by atoms with Crippen molar-refractivity contribution in [2.45, 2.75) is 44.4 Å². The molecule has 1 aliphatic heterocycles. The smallest absolute Gasteiger partial charge is 0.246 e. The summed E-state index contributed by atoms with van der Waals surface area (Å²) < 4.78 is 33.2. The molecule has 6 nitrogen and oxygen atoms in total. The van der Waals surface area contributed by atoms with Crippen LogP contribution in [0.25, 0.3) is 0 Å². The van der Waals surface area contributed by atoms with Gasteiger partial charge in [0.15, 0.2) is 0 Å². The Kier molecular flexibility index (Phi) is 7.29. The highest BCUT2D eigenvalue weighted by Crippen LogP contribution is 2.33. The molecular weight excluding hydrogens is 436 g/mol. The Morgan fingerprint density at radius 2 is 2.00 bits per heavy atom. The predicted octanol–water partition coefficient (Wildman–Crippen LogP) is 4.82. The molecule has 0 aliphatic carbocycles. The molecule has 3 rings (SSSR count). The van der Waals surface area contributed by atoms with E-state index >= 15 is 0 Å². The van der Waals surface area contributed by atoms with Crippen molar-refractivity contribution in [1.29, 1.82) is 0 Å². The first-order valence-electron chi connectivity index (χ1n) is 10.4. The van der Waals surface area contributed by atoms with Crippen LogP contribution in [-0.2, 0) is 14.8 Å². The van der Waals surface area contributed by atoms with Crippen LogP contribution in [0.1, 0.15) is 43.7 Å². The largest absolute Gasteiger partial charge is 0.495 e. The predicted molar refractivity (Wildman–Crippen MR) is 123 cm³/mol. The third-order valence-corrected chi connectivity index (χ3v) is 7.80. The zero-order chi connectivity index (χ0) is 22.8. The topological polar surface area (TPSA) is 75.7 Å². The maximum Gasteiger partial charge on any atom is 0.246 e. The maximum absolute atomic E-state index is 13.3. The van der Waals surface area contributed by atoms with Crippen molar-refractivity contribution in [3.05, 3.63) is 52.5 Å². The van der Waals surface area contributed by atoms with Crippen molar-refractivity contribution >= 4 is 33.2 Å². The van der Waals surface area contributed by atoms with Crippen LogP contribution in [0.3, 0.4) is 0 Å². The van der Waals surface area contributed by atoms with Gasteiger partial charge in [0.2, 0.25) is 15.9 Å². The van der Waals surface area contributed by atoms with Crippen molar-refractivity contribution < 1.29 is 17.9 Å². The molecule has 8 heteroatoms. The fourth-order valence-corrected chi connectivity index (χ4v) is 5.88. The Morgan fingerprint density at radius 3 is 2.68 bits per heavy atom. The summed E-state index contributed by atoms with van der Waals surface area (Å²) in [6.45, 7) is 6.59. The molecule has 1 N–H and O–H groups in total. The van der Waals surface area contributed by atoms with Crippen LogP contribution in [0.4, 0.5) is 5.69 Å². The van der Waals surface area contributed by atoms with Crippen LogP contribution in [-0.4, -0.2) is 38.8 Å². The number of aryl methyl sites for hydroxylation is 1. The minimum Gasteiger partial charge on any atom is -0.495 e. The monoisotopic (exact) mass is 464 g/mol. The van der Waals surface area contributed by atoms with Crippen molar-refractivity contribution in [2.24, 2.45) is 5.92 Å². The molecule has 0 spiro atoms. The van der Waals surface area contributed by atoms with E-state index in [4.69, 9.17) is 16.3 Å². The standard InChI is InChI=1S/C23H29ClN2O4S/c1-15(2)19-9-5-7-16(3)22(19)25-23(27)17-8-6-12-26(14-17)31(28,29)21-13-18(24)10-11-20(21)30-4/h5,7,9-11,13,15,17H,6,8,12,14H2,1-4H3,(H,25,27)/t17-/m1/s1. The van der Waals surface area contributed by atoms with Gasteiger partial charge in [0.05, 0.1) is 13.0 Å². The molecule has 1 fully saturated rings. The van der Waals surface area contributed by atoms with Gasteiger partial charge in [0.25, 0.3) is 0 Å². The molecule has 0 saturated carbocycles. The summed E-state index contributed by atoms with van der Waals surface area (Å²) in [4.78, 5) is 13.1. The Bertz CT molecular complexity index is 1070. The highest BCUT2D eigenvalue weighted by Gasteiger charge is 2.35. The zero-order valence-electron chi connectivity index (χ0n) is 18.3. The summed E-state index contributed by atoms with van der Waals surface area (Å²) in [5, 5.41) is 3.38. The van der Waals surface area contributed by atoms with Gasteiger partial charge in [0.1, 0.15) is 10.6 Å². The molecule has 0 unspecified atom stereocenters. The van der Waals surface area contributed by atoms with Gasteiger partial charge in [-0.1, -0.05) is 43.6 Å². The number of rotatable bonds is 6. The highest BCUT2D eigenvalue weighted by atomic mass is 35.5. The van der Waals surface area contributed by atoms with E-state index in [0.29, 0.717) is 24.4 Å². The molecule has 1 aliphatic rings. The summed E-state index contributed by atoms with van der Waals surface area (Å²) in [6.07, 6.45) is 1.23. The molecule has 1 amide bonds. The summed E-state index contributed by atoms with van der Waals surface area (Å²) in [6, 6.07) is 10.5. The quantitative estimate of drug-likeness (QED) is 0.664. The lowest BCUT2D eigenvalue weighted by Crippen LogP contribution is -2.43. The van der Waals surface area contributed by atoms with E-state index in [9.17, 15) is 13.2 Å². The van der Waals surface area contributed by atoms with Gasteiger partial charge >= 0.3 is 0 Å². The van der Waals surface area contributed by atoms with Crippen molar-refractivity contribution in [3.63, 3.8) is 0 Å². The van der Waals surface area contributed by atoms with E-state index in [1.807, 2.05) is 25.1 Å². The second-order valence-corrected chi connectivity index (χ2v) is 10.5. The minimum atomic E-state index is -3.85. The number of methoxy groups -OCH3 is 1. The van der Waals surface area contributed by atoms with E-state index < -0.39 is 15.9 Å². The molecule has 1 heterocycles. The Morgan fingerprint density at radius 1 is 1.26 bits per heavy atom. The lowest BCUT2D eigenvalue weighted by Gasteiger charge is -2.32. The molecular formula is C23H29ClN2O4S. The van der Waals surface area contributed by atoms with Gasteiger partial charge in [-0.05, 0) is 55.0 Å². The van der Waals surface area contributed by atoms with Crippen LogP contribution in [0.15, 0.2) is 41.3 Å². The van der Waals surface area contributed by atoms with Gasteiger partial charge in [-0.15, -0.1) is 0 Å². The number of hydrogen-bond donors (Lipinski definition) is 1. The van der Waals surface area contributed by atoms with Gasteiger partial charge in [-0.2, -0.15) is 4.31 Å². The minimum absolute atomic E-state index is 0.0181. The van der Waals surface area contributed by atoms with Gasteiger partial charge in [0, 0.05) is 23.8 Å². The number of nitrogens with one attached hydrogen (secondary N) is 1. The number of ether oxygens (including phenoxy) is 1. The van der Waals surface area contributed by atoms with Crippen LogP contribution in [0.5, 0.6) is 5.75 Å². The Hall–Kier alpha value is -2.09. The van der Waals surface area contributed by atoms with Crippen LogP contribution >= 0.6 is 11.6 Å². The molecule has 1 saturated heterocycles. The summed E-state index contributed by atoms with van der Waals surface area (Å²) in [7, 11) is -2.43. The highest BCUT2D eigenvalue weighted by molar-refractivity contribution is 7.89. The average molecular weight is 465 g/mol. The molecule has 31 heavy (non-hydrogen) atoms. The van der Waals surface area contributed by atoms with Crippen molar-refractivity contribution in [1.82, 2.24) is 4.31 Å². The lowest BCUT2D eigenvalue weighted by molar-refractivity contribution is -0.120. The Labute approximate surface area is 189 Å². The fraction of sp³-hybridized carbons (Fsp3) is 0.435. The number of para-hydroxylation sites is 1. The number of carbonyl (C=O) groups excluding carboxylic acids is 1. The summed E-state index contributed by atoms with van der Waals surface area (Å²) in [5.41, 5.74) is 2.87. The Balaban J connectivity index is 1.83. The second kappa shape index (κ2) is 9.59. The number of piperidine rings is 1. The molecule has 2 aromatic carbocycles. The first-order valence-corrected chi connectivity index (χ1v) is 12.2. The second-order valence-electron chi connectivity index (χ2n) is 8.18. The number of hydrogen-bond acceptors (Lipinski definition) is 4. The number of carbonyl (C=O) groups is 1. The van der Waals surface area contributed by atoms with Gasteiger partial charge < -0.3 is 10.1 Å². The van der Waals surface area contributed by atoms with E-state index in [-0.39, 0.29) is 29.0 Å². The number of nitrogens with zero attached hydrogens (tertiary/aromatic N) is 1. The third-order valence-electron chi connectivity index (χ3n) is 5.67. The SMILES string of the molecule is COc1ccc(Cl)cc1S(=O)(=O)N1CCC[C@@H](C(=O)Nc2c(C)cccc2C(C)C)C1. The molecule has 168 valence electrons. The first kappa shape index (κ1) is 23.6. The first-order chi connectivity index (χ1) is 14.6. The summed E-state index contributed by atoms with van der Waals surface area (Å²) >= 11 is 6.04. The summed E-state index contributed by atoms with van der Waals surface area (Å²) in [5.74, 6) is -0.103. The molecule has 2 aromatic rings. The number of sulfonamides is 1. The number of amides is 1. The lowest BCUT2D eigenvalue weighted by atomic mass is 9.95. The number of halogens is 1. The molecule has 0 aromatic heterocycles. The van der Waals surface area contributed by atoms with E-state index in [1.54, 1.807) is 6.07 Å². The molecule has 1 atom stereocenters. The number of anilines is 1. The number of benzene rings is 2.